The fourth-order valence-corrected chi connectivity index (χ4v) is 9.42. The summed E-state index contributed by atoms with van der Waals surface area (Å²) in [6.07, 6.45) is 5.35. The van der Waals surface area contributed by atoms with Crippen molar-refractivity contribution in [3.05, 3.63) is 35.9 Å². The summed E-state index contributed by atoms with van der Waals surface area (Å²) in [5, 5.41) is 11.4. The average molecular weight is 688 g/mol. The number of piperazine rings is 1. The minimum atomic E-state index is -3.37. The van der Waals surface area contributed by atoms with E-state index >= 15 is 0 Å². The summed E-state index contributed by atoms with van der Waals surface area (Å²) in [5.41, 5.74) is 0.319. The summed E-state index contributed by atoms with van der Waals surface area (Å²) in [6, 6.07) is 3.79. The Morgan fingerprint density at radius 2 is 1.67 bits per heavy atom. The fourth-order valence-electron chi connectivity index (χ4n) is 7.77. The number of likely N-dealkylation sites (tertiary alicyclic amines) is 1. The van der Waals surface area contributed by atoms with Crippen LogP contribution in [0.5, 0.6) is 11.6 Å². The van der Waals surface area contributed by atoms with Crippen LogP contribution in [0.4, 0.5) is 10.2 Å². The van der Waals surface area contributed by atoms with Crippen LogP contribution in [0.25, 0.3) is 0 Å². The Morgan fingerprint density at radius 3 is 2.31 bits per heavy atom. The molecule has 2 aromatic rings. The molecule has 1 aromatic heterocycles. The second-order valence-corrected chi connectivity index (χ2v) is 16.3. The molecule has 1 aromatic carbocycles. The van der Waals surface area contributed by atoms with E-state index in [2.05, 4.69) is 30.3 Å². The topological polar surface area (TPSA) is 127 Å². The zero-order valence-electron chi connectivity index (χ0n) is 28.6. The van der Waals surface area contributed by atoms with Crippen LogP contribution < -0.4 is 15.0 Å². The highest BCUT2D eigenvalue weighted by Crippen LogP contribution is 2.44. The molecule has 1 amide bonds. The highest BCUT2D eigenvalue weighted by Gasteiger charge is 2.47. The third-order valence-electron chi connectivity index (χ3n) is 10.4. The number of carbonyl (C=O) groups is 1. The van der Waals surface area contributed by atoms with E-state index in [0.29, 0.717) is 51.0 Å². The van der Waals surface area contributed by atoms with Crippen molar-refractivity contribution in [2.45, 2.75) is 65.5 Å². The van der Waals surface area contributed by atoms with Gasteiger partial charge in [0.1, 0.15) is 17.9 Å². The first-order valence-corrected chi connectivity index (χ1v) is 18.8. The number of halogens is 1. The highest BCUT2D eigenvalue weighted by molar-refractivity contribution is 7.86. The molecule has 4 saturated heterocycles. The van der Waals surface area contributed by atoms with Gasteiger partial charge in [-0.1, -0.05) is 0 Å². The number of anilines is 1. The Kier molecular flexibility index (Phi) is 10.5. The van der Waals surface area contributed by atoms with Gasteiger partial charge >= 0.3 is 0 Å². The number of nitrogens with one attached hydrogen (secondary N) is 1. The fraction of sp³-hybridized carbons (Fsp3) is 0.697. The van der Waals surface area contributed by atoms with Crippen molar-refractivity contribution < 1.29 is 22.3 Å². The van der Waals surface area contributed by atoms with Crippen LogP contribution in [0.2, 0.25) is 0 Å². The van der Waals surface area contributed by atoms with Crippen molar-refractivity contribution in [2.24, 2.45) is 11.3 Å². The van der Waals surface area contributed by atoms with Gasteiger partial charge in [0, 0.05) is 76.4 Å². The Balaban J connectivity index is 1.02. The van der Waals surface area contributed by atoms with Crippen LogP contribution >= 0.6 is 0 Å². The summed E-state index contributed by atoms with van der Waals surface area (Å²) in [6.45, 7) is 16.1. The summed E-state index contributed by atoms with van der Waals surface area (Å²) >= 11 is 0. The zero-order valence-corrected chi connectivity index (χ0v) is 29.5. The number of piperidine rings is 2. The number of benzene rings is 1. The van der Waals surface area contributed by atoms with Gasteiger partial charge in [-0.15, -0.1) is 10.2 Å². The molecule has 0 bridgehead atoms. The maximum Gasteiger partial charge on any atom is 0.282 e. The van der Waals surface area contributed by atoms with Gasteiger partial charge in [0.2, 0.25) is 0 Å². The molecule has 6 rings (SSSR count). The lowest BCUT2D eigenvalue weighted by molar-refractivity contribution is 0.0606. The second kappa shape index (κ2) is 14.5. The molecule has 0 unspecified atom stereocenters. The van der Waals surface area contributed by atoms with Crippen molar-refractivity contribution in [1.29, 1.82) is 0 Å². The smallest absolute Gasteiger partial charge is 0.282 e. The summed E-state index contributed by atoms with van der Waals surface area (Å²) in [5.74, 6) is 0.648. The first-order valence-electron chi connectivity index (χ1n) is 17.4. The van der Waals surface area contributed by atoms with Crippen LogP contribution in [-0.2, 0) is 10.2 Å². The molecule has 0 radical (unpaired) electrons. The molecule has 15 heteroatoms. The number of aromatic nitrogens is 3. The van der Waals surface area contributed by atoms with Gasteiger partial charge in [-0.3, -0.25) is 4.79 Å². The third-order valence-corrected chi connectivity index (χ3v) is 12.4. The van der Waals surface area contributed by atoms with Gasteiger partial charge in [0.05, 0.1) is 5.56 Å². The van der Waals surface area contributed by atoms with Gasteiger partial charge in [-0.2, -0.15) is 17.0 Å². The molecule has 1 spiro atoms. The zero-order chi connectivity index (χ0) is 34.1. The first kappa shape index (κ1) is 34.9. The predicted octanol–water partition coefficient (Wildman–Crippen LogP) is 2.83. The molecule has 48 heavy (non-hydrogen) atoms. The quantitative estimate of drug-likeness (QED) is 0.399. The Bertz CT molecular complexity index is 1520. The molecule has 4 aliphatic rings. The molecule has 13 nitrogen and oxygen atoms in total. The van der Waals surface area contributed by atoms with Crippen LogP contribution in [0, 0.1) is 17.2 Å². The van der Waals surface area contributed by atoms with Crippen molar-refractivity contribution in [3.8, 4) is 11.6 Å². The Morgan fingerprint density at radius 1 is 1.02 bits per heavy atom. The van der Waals surface area contributed by atoms with E-state index in [0.717, 1.165) is 58.4 Å². The summed E-state index contributed by atoms with van der Waals surface area (Å²) in [7, 11) is -3.37. The van der Waals surface area contributed by atoms with Crippen LogP contribution in [0.15, 0.2) is 24.5 Å². The van der Waals surface area contributed by atoms with E-state index in [1.165, 1.54) is 24.5 Å². The molecule has 5 heterocycles. The number of ether oxygens (including phenoxy) is 1. The lowest BCUT2D eigenvalue weighted by Crippen LogP contribution is -2.61. The van der Waals surface area contributed by atoms with Crippen LogP contribution in [-0.4, -0.2) is 132 Å². The lowest BCUT2D eigenvalue weighted by Gasteiger charge is -2.54. The van der Waals surface area contributed by atoms with Gasteiger partial charge in [0.15, 0.2) is 5.82 Å². The number of rotatable bonds is 10. The van der Waals surface area contributed by atoms with Gasteiger partial charge in [-0.25, -0.2) is 9.37 Å². The summed E-state index contributed by atoms with van der Waals surface area (Å²) in [4.78, 5) is 24.4. The molecule has 0 aliphatic carbocycles. The van der Waals surface area contributed by atoms with Crippen molar-refractivity contribution in [2.75, 3.05) is 76.9 Å². The largest absolute Gasteiger partial charge is 0.434 e. The number of carbonyl (C=O) groups excluding carboxylic acids is 1. The molecule has 0 atom stereocenters. The van der Waals surface area contributed by atoms with Gasteiger partial charge < -0.3 is 24.8 Å². The molecule has 1 N–H and O–H groups in total. The predicted molar refractivity (Wildman–Crippen MR) is 181 cm³/mol. The van der Waals surface area contributed by atoms with Gasteiger partial charge in [0.25, 0.3) is 22.0 Å². The van der Waals surface area contributed by atoms with Crippen molar-refractivity contribution in [3.63, 3.8) is 0 Å². The maximum atomic E-state index is 14.4. The standard InChI is InChI=1S/C33H50FN9O4S/c1-24(2)43(25(3)4)32(44)28-19-27(34)5-6-29(28)47-31-30(36-23-37-38-31)40-21-33(22-40)9-15-39(16-10-33)20-26-7-13-41(14-8-26)48(45,46)42-17-11-35-12-18-42/h5-6,19,23-26,35H,7-18,20-22H2,1-4H3. The summed E-state index contributed by atoms with van der Waals surface area (Å²) < 4.78 is 50.0. The number of hydrogen-bond donors (Lipinski definition) is 1. The minimum absolute atomic E-state index is 0.0784. The van der Waals surface area contributed by atoms with Crippen LogP contribution in [0.3, 0.4) is 0 Å². The lowest BCUT2D eigenvalue weighted by atomic mass is 9.72. The van der Waals surface area contributed by atoms with E-state index < -0.39 is 16.0 Å². The van der Waals surface area contributed by atoms with Crippen molar-refractivity contribution >= 4 is 21.9 Å². The normalized spacial score (nSPS) is 21.5. The first-order chi connectivity index (χ1) is 23.0. The Hall–Kier alpha value is -2.98. The number of hydrogen-bond acceptors (Lipinski definition) is 10. The average Bonchev–Trinajstić information content (AvgIpc) is 3.05. The second-order valence-electron chi connectivity index (χ2n) is 14.4. The maximum absolute atomic E-state index is 14.4. The molecule has 0 saturated carbocycles. The number of nitrogens with zero attached hydrogens (tertiary/aromatic N) is 8. The SMILES string of the molecule is CC(C)N(C(=O)c1cc(F)ccc1Oc1nncnc1N1CC2(CCN(CC3CCN(S(=O)(=O)N4CCNCC4)CC3)CC2)C1)C(C)C. The molecular formula is C33H50FN9O4S. The van der Waals surface area contributed by atoms with E-state index in [-0.39, 0.29) is 40.6 Å². The highest BCUT2D eigenvalue weighted by atomic mass is 32.2. The monoisotopic (exact) mass is 687 g/mol. The van der Waals surface area contributed by atoms with Crippen LogP contribution in [0.1, 0.15) is 63.7 Å². The van der Waals surface area contributed by atoms with E-state index in [4.69, 9.17) is 4.74 Å². The molecule has 264 valence electrons. The third kappa shape index (κ3) is 7.44. The van der Waals surface area contributed by atoms with E-state index in [1.54, 1.807) is 13.5 Å². The molecular weight excluding hydrogens is 637 g/mol. The van der Waals surface area contributed by atoms with Gasteiger partial charge in [-0.05, 0) is 90.6 Å². The van der Waals surface area contributed by atoms with Crippen molar-refractivity contribution in [1.82, 2.24) is 38.9 Å². The molecule has 4 fully saturated rings. The van der Waals surface area contributed by atoms with E-state index in [1.807, 2.05) is 27.7 Å². The number of amides is 1. The molecule has 4 aliphatic heterocycles. The Labute approximate surface area is 284 Å². The van der Waals surface area contributed by atoms with E-state index in [9.17, 15) is 17.6 Å². The minimum Gasteiger partial charge on any atom is -0.434 e.